The van der Waals surface area contributed by atoms with E-state index in [1.807, 2.05) is 4.90 Å². The predicted molar refractivity (Wildman–Crippen MR) is 139 cm³/mol. The van der Waals surface area contributed by atoms with Crippen LogP contribution in [0.5, 0.6) is 0 Å². The number of ether oxygens (including phenoxy) is 1. The number of carbonyl (C=O) groups excluding carboxylic acids is 3. The molecular formula is C27H42N2O5S. The predicted octanol–water partition coefficient (Wildman–Crippen LogP) is 3.56. The maximum atomic E-state index is 14.0. The molecule has 2 amide bonds. The SMILES string of the molecule is C=CCCCOC(=O)[C@@H]1[C@@H]2CCC3(S2)C(C(=O)N(CC=C)CCCC)N(CCCCCO)C(=O)[C@H]13. The summed E-state index contributed by atoms with van der Waals surface area (Å²) < 4.78 is 5.03. The van der Waals surface area contributed by atoms with Crippen molar-refractivity contribution in [3.05, 3.63) is 25.3 Å². The summed E-state index contributed by atoms with van der Waals surface area (Å²) in [6, 6.07) is -0.570. The van der Waals surface area contributed by atoms with Crippen LogP contribution in [0.2, 0.25) is 0 Å². The summed E-state index contributed by atoms with van der Waals surface area (Å²) in [5, 5.41) is 9.19. The Hall–Kier alpha value is -1.80. The van der Waals surface area contributed by atoms with Crippen molar-refractivity contribution in [1.29, 1.82) is 0 Å². The van der Waals surface area contributed by atoms with E-state index in [1.165, 1.54) is 0 Å². The van der Waals surface area contributed by atoms with Crippen molar-refractivity contribution in [2.45, 2.75) is 80.7 Å². The van der Waals surface area contributed by atoms with Gasteiger partial charge in [-0.25, -0.2) is 0 Å². The maximum Gasteiger partial charge on any atom is 0.310 e. The van der Waals surface area contributed by atoms with Crippen molar-refractivity contribution < 1.29 is 24.2 Å². The van der Waals surface area contributed by atoms with Crippen molar-refractivity contribution in [3.63, 3.8) is 0 Å². The summed E-state index contributed by atoms with van der Waals surface area (Å²) in [6.07, 6.45) is 10.7. The van der Waals surface area contributed by atoms with Crippen molar-refractivity contribution in [2.24, 2.45) is 11.8 Å². The first-order valence-electron chi connectivity index (χ1n) is 13.2. The van der Waals surface area contributed by atoms with Crippen LogP contribution in [0.4, 0.5) is 0 Å². The first kappa shape index (κ1) is 27.8. The number of unbranched alkanes of at least 4 members (excludes halogenated alkanes) is 4. The molecule has 3 fully saturated rings. The molecule has 3 saturated heterocycles. The Kier molecular flexibility index (Phi) is 10.3. The van der Waals surface area contributed by atoms with Crippen LogP contribution < -0.4 is 0 Å². The Labute approximate surface area is 214 Å². The topological polar surface area (TPSA) is 87.2 Å². The van der Waals surface area contributed by atoms with Crippen LogP contribution in [-0.2, 0) is 19.1 Å². The molecule has 3 aliphatic heterocycles. The second kappa shape index (κ2) is 12.9. The quantitative estimate of drug-likeness (QED) is 0.196. The van der Waals surface area contributed by atoms with Gasteiger partial charge < -0.3 is 19.6 Å². The number of amides is 2. The summed E-state index contributed by atoms with van der Waals surface area (Å²) in [5.41, 5.74) is 0. The van der Waals surface area contributed by atoms with Crippen LogP contribution >= 0.6 is 11.8 Å². The van der Waals surface area contributed by atoms with Gasteiger partial charge in [-0.2, -0.15) is 0 Å². The number of nitrogens with zero attached hydrogens (tertiary/aromatic N) is 2. The number of hydrogen-bond donors (Lipinski definition) is 1. The third-order valence-electron chi connectivity index (χ3n) is 7.60. The number of aliphatic hydroxyl groups excluding tert-OH is 1. The Morgan fingerprint density at radius 2 is 2.03 bits per heavy atom. The summed E-state index contributed by atoms with van der Waals surface area (Å²) in [7, 11) is 0. The fraction of sp³-hybridized carbons (Fsp3) is 0.741. The van der Waals surface area contributed by atoms with Crippen molar-refractivity contribution in [2.75, 3.05) is 32.8 Å². The number of fused-ring (bicyclic) bond motifs is 1. The minimum atomic E-state index is -0.577. The fourth-order valence-electron chi connectivity index (χ4n) is 5.98. The van der Waals surface area contributed by atoms with E-state index in [0.29, 0.717) is 32.7 Å². The summed E-state index contributed by atoms with van der Waals surface area (Å²) in [4.78, 5) is 44.7. The van der Waals surface area contributed by atoms with Gasteiger partial charge in [0.25, 0.3) is 0 Å². The van der Waals surface area contributed by atoms with Crippen LogP contribution in [0.15, 0.2) is 25.3 Å². The molecule has 0 aromatic rings. The first-order valence-corrected chi connectivity index (χ1v) is 14.1. The van der Waals surface area contributed by atoms with Crippen molar-refractivity contribution >= 4 is 29.5 Å². The van der Waals surface area contributed by atoms with Crippen LogP contribution in [0, 0.1) is 11.8 Å². The van der Waals surface area contributed by atoms with E-state index >= 15 is 0 Å². The van der Waals surface area contributed by atoms with E-state index in [4.69, 9.17) is 4.74 Å². The normalized spacial score (nSPS) is 28.7. The third kappa shape index (κ3) is 5.63. The molecule has 3 heterocycles. The van der Waals surface area contributed by atoms with Gasteiger partial charge in [-0.05, 0) is 51.4 Å². The van der Waals surface area contributed by atoms with Crippen molar-refractivity contribution in [3.8, 4) is 0 Å². The first-order chi connectivity index (χ1) is 17.0. The molecule has 5 atom stereocenters. The molecular weight excluding hydrogens is 464 g/mol. The smallest absolute Gasteiger partial charge is 0.310 e. The Bertz CT molecular complexity index is 790. The number of thioether (sulfide) groups is 1. The molecule has 0 saturated carbocycles. The molecule has 0 aromatic carbocycles. The number of allylic oxidation sites excluding steroid dienone is 1. The van der Waals surface area contributed by atoms with Gasteiger partial charge in [-0.15, -0.1) is 24.9 Å². The van der Waals surface area contributed by atoms with Gasteiger partial charge in [0.15, 0.2) is 0 Å². The second-order valence-corrected chi connectivity index (χ2v) is 11.5. The van der Waals surface area contributed by atoms with Gasteiger partial charge in [0.05, 0.1) is 23.2 Å². The standard InChI is InChI=1S/C27H42N2O5S/c1-4-7-12-19-34-26(33)21-20-13-14-27(35-20)22(21)24(31)29(17-10-9-11-18-30)23(27)25(32)28(15-6-3)16-8-5-2/h4,6,20-23,30H,1,3,5,7-19H2,2H3/t20-,21+,22-,23?,27?/m0/s1. The molecule has 35 heavy (non-hydrogen) atoms. The van der Waals surface area contributed by atoms with E-state index in [-0.39, 0.29) is 29.6 Å². The Morgan fingerprint density at radius 3 is 2.71 bits per heavy atom. The molecule has 196 valence electrons. The van der Waals surface area contributed by atoms with Crippen LogP contribution in [0.1, 0.15) is 64.7 Å². The van der Waals surface area contributed by atoms with Crippen LogP contribution in [0.25, 0.3) is 0 Å². The number of hydrogen-bond acceptors (Lipinski definition) is 6. The molecule has 0 radical (unpaired) electrons. The third-order valence-corrected chi connectivity index (χ3v) is 9.55. The maximum absolute atomic E-state index is 14.0. The molecule has 2 bridgehead atoms. The average Bonchev–Trinajstić information content (AvgIpc) is 3.49. The van der Waals surface area contributed by atoms with Gasteiger partial charge in [-0.3, -0.25) is 14.4 Å². The highest BCUT2D eigenvalue weighted by atomic mass is 32.2. The minimum Gasteiger partial charge on any atom is -0.465 e. The molecule has 7 nitrogen and oxygen atoms in total. The highest BCUT2D eigenvalue weighted by molar-refractivity contribution is 8.02. The molecule has 8 heteroatoms. The fourth-order valence-corrected chi connectivity index (χ4v) is 8.18. The molecule has 3 aliphatic rings. The van der Waals surface area contributed by atoms with Gasteiger partial charge in [0, 0.05) is 31.5 Å². The van der Waals surface area contributed by atoms with Crippen molar-refractivity contribution in [1.82, 2.24) is 9.80 Å². The number of likely N-dealkylation sites (tertiary alicyclic amines) is 1. The zero-order valence-electron chi connectivity index (χ0n) is 21.2. The molecule has 0 aliphatic carbocycles. The lowest BCUT2D eigenvalue weighted by molar-refractivity contribution is -0.154. The zero-order valence-corrected chi connectivity index (χ0v) is 22.0. The number of rotatable bonds is 16. The van der Waals surface area contributed by atoms with Crippen LogP contribution in [0.3, 0.4) is 0 Å². The average molecular weight is 507 g/mol. The Morgan fingerprint density at radius 1 is 1.23 bits per heavy atom. The lowest BCUT2D eigenvalue weighted by Gasteiger charge is -2.37. The van der Waals surface area contributed by atoms with Crippen LogP contribution in [-0.4, -0.2) is 81.6 Å². The largest absolute Gasteiger partial charge is 0.465 e. The van der Waals surface area contributed by atoms with Gasteiger partial charge in [0.1, 0.15) is 6.04 Å². The van der Waals surface area contributed by atoms with E-state index in [9.17, 15) is 19.5 Å². The lowest BCUT2D eigenvalue weighted by Crippen LogP contribution is -2.55. The molecule has 0 aromatic heterocycles. The summed E-state index contributed by atoms with van der Waals surface area (Å²) in [5.74, 6) is -1.41. The van der Waals surface area contributed by atoms with E-state index in [1.54, 1.807) is 28.8 Å². The van der Waals surface area contributed by atoms with Gasteiger partial charge in [0.2, 0.25) is 11.8 Å². The minimum absolute atomic E-state index is 0.0196. The van der Waals surface area contributed by atoms with Gasteiger partial charge >= 0.3 is 5.97 Å². The van der Waals surface area contributed by atoms with E-state index < -0.39 is 22.6 Å². The molecule has 1 spiro atoms. The number of esters is 1. The lowest BCUT2D eigenvalue weighted by atomic mass is 9.71. The Balaban J connectivity index is 1.88. The molecule has 3 rings (SSSR count). The van der Waals surface area contributed by atoms with E-state index in [0.717, 1.165) is 51.4 Å². The second-order valence-electron chi connectivity index (χ2n) is 9.90. The summed E-state index contributed by atoms with van der Waals surface area (Å²) in [6.45, 7) is 11.6. The summed E-state index contributed by atoms with van der Waals surface area (Å²) >= 11 is 1.68. The molecule has 2 unspecified atom stereocenters. The van der Waals surface area contributed by atoms with E-state index in [2.05, 4.69) is 20.1 Å². The number of aliphatic hydroxyl groups is 1. The number of carbonyl (C=O) groups is 3. The molecule has 1 N–H and O–H groups in total. The zero-order chi connectivity index (χ0) is 25.4. The highest BCUT2D eigenvalue weighted by Gasteiger charge is 2.74. The monoisotopic (exact) mass is 506 g/mol. The van der Waals surface area contributed by atoms with Gasteiger partial charge in [-0.1, -0.05) is 25.5 Å². The highest BCUT2D eigenvalue weighted by Crippen LogP contribution is 2.66.